The zero-order valence-corrected chi connectivity index (χ0v) is 14.7. The monoisotopic (exact) mass is 365 g/mol. The number of fused-ring (bicyclic) bond motifs is 1. The predicted octanol–water partition coefficient (Wildman–Crippen LogP) is 4.13. The summed E-state index contributed by atoms with van der Waals surface area (Å²) in [6, 6.07) is 18.5. The van der Waals surface area contributed by atoms with Crippen LogP contribution in [0.2, 0.25) is 0 Å². The van der Waals surface area contributed by atoms with Gasteiger partial charge in [-0.25, -0.2) is 4.39 Å². The fourth-order valence-corrected chi connectivity index (χ4v) is 3.33. The molecule has 0 aliphatic carbocycles. The molecule has 2 aromatic heterocycles. The Morgan fingerprint density at radius 3 is 2.81 bits per heavy atom. The molecule has 4 aromatic rings. The van der Waals surface area contributed by atoms with E-state index in [2.05, 4.69) is 26.7 Å². The Morgan fingerprint density at radius 2 is 1.92 bits per heavy atom. The molecule has 0 saturated heterocycles. The minimum Gasteiger partial charge on any atom is -0.384 e. The number of hydrogen-bond acceptors (Lipinski definition) is 5. The molecule has 2 heterocycles. The average molecular weight is 365 g/mol. The fourth-order valence-electron chi connectivity index (χ4n) is 2.57. The van der Waals surface area contributed by atoms with Gasteiger partial charge in [0.25, 0.3) is 0 Å². The first kappa shape index (κ1) is 16.5. The van der Waals surface area contributed by atoms with Crippen LogP contribution in [0.3, 0.4) is 0 Å². The highest BCUT2D eigenvalue weighted by molar-refractivity contribution is 7.99. The van der Waals surface area contributed by atoms with E-state index >= 15 is 0 Å². The molecule has 1 N–H and O–H groups in total. The van der Waals surface area contributed by atoms with Crippen LogP contribution in [0.5, 0.6) is 0 Å². The van der Waals surface area contributed by atoms with Crippen molar-refractivity contribution in [2.75, 3.05) is 17.6 Å². The lowest BCUT2D eigenvalue weighted by Gasteiger charge is -2.08. The lowest BCUT2D eigenvalue weighted by molar-refractivity contribution is 0.626. The number of aromatic nitrogens is 4. The number of halogens is 1. The van der Waals surface area contributed by atoms with Crippen LogP contribution in [0.1, 0.15) is 0 Å². The smallest absolute Gasteiger partial charge is 0.177 e. The van der Waals surface area contributed by atoms with Crippen molar-refractivity contribution in [3.05, 3.63) is 72.8 Å². The van der Waals surface area contributed by atoms with E-state index in [9.17, 15) is 4.39 Å². The standard InChI is InChI=1S/C19H16FN5S/c20-15-4-6-17(7-5-15)26-11-10-21-16-3-1-2-14(12-16)18-8-9-19-23-22-13-25(19)24-18/h1-9,12-13,21H,10-11H2. The van der Waals surface area contributed by atoms with Crippen LogP contribution in [0.25, 0.3) is 16.9 Å². The molecule has 0 atom stereocenters. The molecule has 0 radical (unpaired) electrons. The van der Waals surface area contributed by atoms with Crippen LogP contribution >= 0.6 is 11.8 Å². The molecular formula is C19H16FN5S. The quantitative estimate of drug-likeness (QED) is 0.411. The van der Waals surface area contributed by atoms with Gasteiger partial charge in [-0.1, -0.05) is 12.1 Å². The highest BCUT2D eigenvalue weighted by atomic mass is 32.2. The summed E-state index contributed by atoms with van der Waals surface area (Å²) in [7, 11) is 0. The summed E-state index contributed by atoms with van der Waals surface area (Å²) in [5, 5.41) is 15.7. The van der Waals surface area contributed by atoms with E-state index < -0.39 is 0 Å². The van der Waals surface area contributed by atoms with E-state index in [1.165, 1.54) is 12.1 Å². The minimum atomic E-state index is -0.206. The van der Waals surface area contributed by atoms with E-state index in [0.29, 0.717) is 0 Å². The zero-order valence-electron chi connectivity index (χ0n) is 13.8. The molecule has 7 heteroatoms. The van der Waals surface area contributed by atoms with Gasteiger partial charge in [-0.05, 0) is 48.5 Å². The summed E-state index contributed by atoms with van der Waals surface area (Å²) in [5.74, 6) is 0.684. The summed E-state index contributed by atoms with van der Waals surface area (Å²) >= 11 is 1.69. The average Bonchev–Trinajstić information content (AvgIpc) is 3.15. The van der Waals surface area contributed by atoms with Gasteiger partial charge >= 0.3 is 0 Å². The van der Waals surface area contributed by atoms with Crippen LogP contribution in [0.4, 0.5) is 10.1 Å². The maximum Gasteiger partial charge on any atom is 0.177 e. The third-order valence-corrected chi connectivity index (χ3v) is 4.85. The SMILES string of the molecule is Fc1ccc(SCCNc2cccc(-c3ccc4nncn4n3)c2)cc1. The van der Waals surface area contributed by atoms with Crippen molar-refractivity contribution in [1.29, 1.82) is 0 Å². The van der Waals surface area contributed by atoms with Crippen molar-refractivity contribution in [2.24, 2.45) is 0 Å². The van der Waals surface area contributed by atoms with E-state index in [0.717, 1.165) is 39.8 Å². The molecule has 130 valence electrons. The first-order chi connectivity index (χ1) is 12.8. The largest absolute Gasteiger partial charge is 0.384 e. The van der Waals surface area contributed by atoms with E-state index in [1.54, 1.807) is 34.7 Å². The number of thioether (sulfide) groups is 1. The second-order valence-electron chi connectivity index (χ2n) is 5.66. The second kappa shape index (κ2) is 7.53. The van der Waals surface area contributed by atoms with Gasteiger partial charge in [0, 0.05) is 28.4 Å². The van der Waals surface area contributed by atoms with Crippen LogP contribution in [-0.4, -0.2) is 32.1 Å². The van der Waals surface area contributed by atoms with Gasteiger partial charge in [-0.15, -0.1) is 22.0 Å². The number of nitrogens with zero attached hydrogens (tertiary/aromatic N) is 4. The number of nitrogens with one attached hydrogen (secondary N) is 1. The Labute approximate surface area is 154 Å². The zero-order chi connectivity index (χ0) is 17.8. The Hall–Kier alpha value is -2.93. The summed E-state index contributed by atoms with van der Waals surface area (Å²) in [6.45, 7) is 0.809. The van der Waals surface area contributed by atoms with Gasteiger partial charge in [0.15, 0.2) is 5.65 Å². The van der Waals surface area contributed by atoms with Crippen molar-refractivity contribution in [3.63, 3.8) is 0 Å². The van der Waals surface area contributed by atoms with Crippen molar-refractivity contribution in [3.8, 4) is 11.3 Å². The fraction of sp³-hybridized carbons (Fsp3) is 0.105. The van der Waals surface area contributed by atoms with Gasteiger partial charge in [-0.2, -0.15) is 9.61 Å². The predicted molar refractivity (Wildman–Crippen MR) is 102 cm³/mol. The van der Waals surface area contributed by atoms with Gasteiger partial charge < -0.3 is 5.32 Å². The molecule has 0 aliphatic rings. The van der Waals surface area contributed by atoms with E-state index in [-0.39, 0.29) is 5.82 Å². The molecule has 0 amide bonds. The first-order valence-corrected chi connectivity index (χ1v) is 9.16. The van der Waals surface area contributed by atoms with E-state index in [4.69, 9.17) is 0 Å². The highest BCUT2D eigenvalue weighted by Gasteiger charge is 2.04. The van der Waals surface area contributed by atoms with Gasteiger partial charge in [0.1, 0.15) is 12.1 Å². The minimum absolute atomic E-state index is 0.206. The molecule has 0 saturated carbocycles. The van der Waals surface area contributed by atoms with Gasteiger partial charge in [-0.3, -0.25) is 0 Å². The third-order valence-electron chi connectivity index (χ3n) is 3.83. The summed E-state index contributed by atoms with van der Waals surface area (Å²) < 4.78 is 14.6. The summed E-state index contributed by atoms with van der Waals surface area (Å²) in [4.78, 5) is 1.06. The lowest BCUT2D eigenvalue weighted by Crippen LogP contribution is -2.04. The van der Waals surface area contributed by atoms with Crippen LogP contribution in [0.15, 0.2) is 71.9 Å². The number of anilines is 1. The topological polar surface area (TPSA) is 55.1 Å². The molecule has 4 rings (SSSR count). The molecule has 0 spiro atoms. The Bertz CT molecular complexity index is 1020. The molecule has 0 fully saturated rings. The molecule has 0 unspecified atom stereocenters. The third kappa shape index (κ3) is 3.83. The van der Waals surface area contributed by atoms with Gasteiger partial charge in [0.2, 0.25) is 0 Å². The molecule has 2 aromatic carbocycles. The second-order valence-corrected chi connectivity index (χ2v) is 6.83. The number of rotatable bonds is 6. The Kier molecular flexibility index (Phi) is 4.79. The van der Waals surface area contributed by atoms with Crippen molar-refractivity contribution in [2.45, 2.75) is 4.90 Å². The molecule has 5 nitrogen and oxygen atoms in total. The van der Waals surface area contributed by atoms with Crippen molar-refractivity contribution >= 4 is 23.1 Å². The lowest BCUT2D eigenvalue weighted by atomic mass is 10.1. The molecule has 0 bridgehead atoms. The molecule has 0 aliphatic heterocycles. The number of hydrogen-bond donors (Lipinski definition) is 1. The Balaban J connectivity index is 1.38. The highest BCUT2D eigenvalue weighted by Crippen LogP contribution is 2.22. The summed E-state index contributed by atoms with van der Waals surface area (Å²) in [6.07, 6.45) is 1.59. The van der Waals surface area contributed by atoms with Crippen LogP contribution in [0, 0.1) is 5.82 Å². The normalized spacial score (nSPS) is 11.0. The maximum absolute atomic E-state index is 12.9. The van der Waals surface area contributed by atoms with Crippen molar-refractivity contribution < 1.29 is 4.39 Å². The van der Waals surface area contributed by atoms with E-state index in [1.807, 2.05) is 30.3 Å². The number of benzene rings is 2. The first-order valence-electron chi connectivity index (χ1n) is 8.18. The van der Waals surface area contributed by atoms with Crippen LogP contribution in [-0.2, 0) is 0 Å². The molecular weight excluding hydrogens is 349 g/mol. The maximum atomic E-state index is 12.9. The van der Waals surface area contributed by atoms with Crippen molar-refractivity contribution in [1.82, 2.24) is 19.8 Å². The van der Waals surface area contributed by atoms with Gasteiger partial charge in [0.05, 0.1) is 5.69 Å². The van der Waals surface area contributed by atoms with Crippen LogP contribution < -0.4 is 5.32 Å². The Morgan fingerprint density at radius 1 is 1.04 bits per heavy atom. The molecule has 26 heavy (non-hydrogen) atoms. The summed E-state index contributed by atoms with van der Waals surface area (Å²) in [5.41, 5.74) is 3.65.